The first-order chi connectivity index (χ1) is 6.86. The highest BCUT2D eigenvalue weighted by atomic mass is 16.2. The van der Waals surface area contributed by atoms with Gasteiger partial charge >= 0.3 is 0 Å². The van der Waals surface area contributed by atoms with E-state index in [4.69, 9.17) is 0 Å². The summed E-state index contributed by atoms with van der Waals surface area (Å²) < 4.78 is 0. The Bertz CT molecular complexity index is 237. The summed E-state index contributed by atoms with van der Waals surface area (Å²) in [5.41, 5.74) is 0. The van der Waals surface area contributed by atoms with Crippen molar-refractivity contribution in [1.29, 1.82) is 0 Å². The van der Waals surface area contributed by atoms with Crippen molar-refractivity contribution in [3.63, 3.8) is 0 Å². The monoisotopic (exact) mass is 194 g/mol. The summed E-state index contributed by atoms with van der Waals surface area (Å²) in [6, 6.07) is 0.453. The van der Waals surface area contributed by atoms with Crippen LogP contribution in [0.3, 0.4) is 0 Å². The molecule has 0 bridgehead atoms. The van der Waals surface area contributed by atoms with E-state index in [-0.39, 0.29) is 11.9 Å². The third-order valence-electron chi connectivity index (χ3n) is 2.96. The van der Waals surface area contributed by atoms with E-state index in [0.717, 1.165) is 38.6 Å². The van der Waals surface area contributed by atoms with Crippen molar-refractivity contribution in [2.75, 3.05) is 6.54 Å². The number of rotatable bonds is 2. The molecule has 3 nitrogen and oxygen atoms in total. The Morgan fingerprint density at radius 3 is 3.07 bits per heavy atom. The number of carbonyl (C=O) groups is 1. The zero-order valence-corrected chi connectivity index (χ0v) is 8.46. The van der Waals surface area contributed by atoms with Crippen molar-refractivity contribution in [3.8, 4) is 0 Å². The lowest BCUT2D eigenvalue weighted by Crippen LogP contribution is -2.46. The highest BCUT2D eigenvalue weighted by Crippen LogP contribution is 2.12. The van der Waals surface area contributed by atoms with E-state index in [1.165, 1.54) is 0 Å². The summed E-state index contributed by atoms with van der Waals surface area (Å²) in [7, 11) is 0. The van der Waals surface area contributed by atoms with Crippen LogP contribution in [-0.2, 0) is 4.79 Å². The van der Waals surface area contributed by atoms with Crippen LogP contribution < -0.4 is 10.6 Å². The Kier molecular flexibility index (Phi) is 3.19. The van der Waals surface area contributed by atoms with Crippen LogP contribution in [0.5, 0.6) is 0 Å². The first-order valence-electron chi connectivity index (χ1n) is 5.57. The van der Waals surface area contributed by atoms with Gasteiger partial charge in [-0.2, -0.15) is 0 Å². The molecule has 1 aliphatic heterocycles. The highest BCUT2D eigenvalue weighted by molar-refractivity contribution is 5.81. The van der Waals surface area contributed by atoms with E-state index in [1.807, 2.05) is 0 Å². The van der Waals surface area contributed by atoms with E-state index in [9.17, 15) is 4.79 Å². The lowest BCUT2D eigenvalue weighted by Gasteiger charge is -2.19. The molecule has 0 aromatic rings. The van der Waals surface area contributed by atoms with E-state index < -0.39 is 0 Å². The van der Waals surface area contributed by atoms with Crippen molar-refractivity contribution < 1.29 is 4.79 Å². The Morgan fingerprint density at radius 1 is 1.36 bits per heavy atom. The number of hydrogen-bond acceptors (Lipinski definition) is 2. The summed E-state index contributed by atoms with van der Waals surface area (Å²) in [6.45, 7) is 0.845. The molecule has 0 saturated carbocycles. The molecule has 1 saturated heterocycles. The van der Waals surface area contributed by atoms with Crippen LogP contribution in [-0.4, -0.2) is 24.5 Å². The van der Waals surface area contributed by atoms with Crippen LogP contribution in [0.2, 0.25) is 0 Å². The van der Waals surface area contributed by atoms with Crippen molar-refractivity contribution in [3.05, 3.63) is 12.2 Å². The number of hydrogen-bond donors (Lipinski definition) is 2. The van der Waals surface area contributed by atoms with Gasteiger partial charge in [0.1, 0.15) is 0 Å². The molecule has 2 atom stereocenters. The van der Waals surface area contributed by atoms with Gasteiger partial charge in [-0.1, -0.05) is 12.2 Å². The van der Waals surface area contributed by atoms with Gasteiger partial charge in [-0.05, 0) is 32.1 Å². The Hall–Kier alpha value is -0.830. The number of nitrogens with one attached hydrogen (secondary N) is 2. The standard InChI is InChI=1S/C11H18N2O/c14-11-10(7-3-4-8-12-11)13-9-5-1-2-6-9/h1,5,9-10,13H,2-4,6-8H2,(H,12,14). The minimum atomic E-state index is 0.0326. The van der Waals surface area contributed by atoms with Crippen LogP contribution in [0.15, 0.2) is 12.2 Å². The van der Waals surface area contributed by atoms with Gasteiger partial charge in [-0.3, -0.25) is 10.1 Å². The predicted molar refractivity (Wildman–Crippen MR) is 55.9 cm³/mol. The van der Waals surface area contributed by atoms with Gasteiger partial charge in [0.25, 0.3) is 0 Å². The van der Waals surface area contributed by atoms with Gasteiger partial charge in [0.05, 0.1) is 6.04 Å². The first-order valence-corrected chi connectivity index (χ1v) is 5.57. The van der Waals surface area contributed by atoms with E-state index in [0.29, 0.717) is 6.04 Å². The molecule has 2 rings (SSSR count). The van der Waals surface area contributed by atoms with Crippen molar-refractivity contribution in [1.82, 2.24) is 10.6 Å². The molecular formula is C11H18N2O. The fourth-order valence-electron chi connectivity index (χ4n) is 2.13. The zero-order valence-electron chi connectivity index (χ0n) is 8.46. The molecule has 0 aromatic heterocycles. The van der Waals surface area contributed by atoms with Gasteiger partial charge in [0, 0.05) is 12.6 Å². The number of allylic oxidation sites excluding steroid dienone is 1. The van der Waals surface area contributed by atoms with Crippen molar-refractivity contribution in [2.24, 2.45) is 0 Å². The quantitative estimate of drug-likeness (QED) is 0.643. The highest BCUT2D eigenvalue weighted by Gasteiger charge is 2.23. The molecule has 2 N–H and O–H groups in total. The molecule has 2 unspecified atom stereocenters. The van der Waals surface area contributed by atoms with Crippen LogP contribution in [0.1, 0.15) is 32.1 Å². The Balaban J connectivity index is 1.87. The second-order valence-electron chi connectivity index (χ2n) is 4.12. The average molecular weight is 194 g/mol. The minimum Gasteiger partial charge on any atom is -0.355 e. The average Bonchev–Trinajstić information content (AvgIpc) is 2.60. The van der Waals surface area contributed by atoms with E-state index in [2.05, 4.69) is 22.8 Å². The second-order valence-corrected chi connectivity index (χ2v) is 4.12. The van der Waals surface area contributed by atoms with Gasteiger partial charge in [-0.15, -0.1) is 0 Å². The maximum atomic E-state index is 11.6. The topological polar surface area (TPSA) is 41.1 Å². The van der Waals surface area contributed by atoms with Crippen LogP contribution in [0, 0.1) is 0 Å². The maximum Gasteiger partial charge on any atom is 0.237 e. The van der Waals surface area contributed by atoms with Crippen LogP contribution in [0.4, 0.5) is 0 Å². The zero-order chi connectivity index (χ0) is 9.80. The molecule has 1 fully saturated rings. The van der Waals surface area contributed by atoms with E-state index in [1.54, 1.807) is 0 Å². The fourth-order valence-corrected chi connectivity index (χ4v) is 2.13. The van der Waals surface area contributed by atoms with Crippen LogP contribution >= 0.6 is 0 Å². The summed E-state index contributed by atoms with van der Waals surface area (Å²) >= 11 is 0. The molecule has 3 heteroatoms. The lowest BCUT2D eigenvalue weighted by atomic mass is 10.1. The SMILES string of the molecule is O=C1NCCCCC1NC1C=CCC1. The third kappa shape index (κ3) is 2.35. The summed E-state index contributed by atoms with van der Waals surface area (Å²) in [5, 5.41) is 6.35. The summed E-state index contributed by atoms with van der Waals surface area (Å²) in [6.07, 6.45) is 9.90. The van der Waals surface area contributed by atoms with Gasteiger partial charge < -0.3 is 5.32 Å². The normalized spacial score (nSPS) is 32.7. The smallest absolute Gasteiger partial charge is 0.237 e. The van der Waals surface area contributed by atoms with E-state index >= 15 is 0 Å². The maximum absolute atomic E-state index is 11.6. The molecule has 78 valence electrons. The summed E-state index contributed by atoms with van der Waals surface area (Å²) in [4.78, 5) is 11.6. The van der Waals surface area contributed by atoms with Gasteiger partial charge in [0.2, 0.25) is 5.91 Å². The molecular weight excluding hydrogens is 176 g/mol. The molecule has 14 heavy (non-hydrogen) atoms. The number of amides is 1. The molecule has 1 aliphatic carbocycles. The third-order valence-corrected chi connectivity index (χ3v) is 2.96. The lowest BCUT2D eigenvalue weighted by molar-refractivity contribution is -0.123. The Morgan fingerprint density at radius 2 is 2.29 bits per heavy atom. The molecule has 0 aromatic carbocycles. The van der Waals surface area contributed by atoms with Gasteiger partial charge in [0.15, 0.2) is 0 Å². The summed E-state index contributed by atoms with van der Waals surface area (Å²) in [5.74, 6) is 0.183. The molecule has 0 spiro atoms. The second kappa shape index (κ2) is 4.60. The minimum absolute atomic E-state index is 0.0326. The molecule has 2 aliphatic rings. The molecule has 0 radical (unpaired) electrons. The Labute approximate surface area is 84.9 Å². The predicted octanol–water partition coefficient (Wildman–Crippen LogP) is 0.963. The van der Waals surface area contributed by atoms with Crippen molar-refractivity contribution >= 4 is 5.91 Å². The van der Waals surface area contributed by atoms with Crippen molar-refractivity contribution in [2.45, 2.75) is 44.2 Å². The largest absolute Gasteiger partial charge is 0.355 e. The van der Waals surface area contributed by atoms with Gasteiger partial charge in [-0.25, -0.2) is 0 Å². The van der Waals surface area contributed by atoms with Crippen LogP contribution in [0.25, 0.3) is 0 Å². The fraction of sp³-hybridized carbons (Fsp3) is 0.727. The molecule has 1 amide bonds. The number of carbonyl (C=O) groups excluding carboxylic acids is 1. The molecule has 1 heterocycles. The first kappa shape index (κ1) is 9.71.